The molecule has 1 N–H and O–H groups in total. The van der Waals surface area contributed by atoms with Crippen LogP contribution in [0.1, 0.15) is 34.7 Å². The smallest absolute Gasteiger partial charge is 0.254 e. The van der Waals surface area contributed by atoms with Crippen LogP contribution in [0.15, 0.2) is 65.8 Å². The third-order valence-corrected chi connectivity index (χ3v) is 6.40. The minimum absolute atomic E-state index is 0.0122. The van der Waals surface area contributed by atoms with Crippen LogP contribution >= 0.6 is 0 Å². The number of piperazine rings is 1. The van der Waals surface area contributed by atoms with Gasteiger partial charge in [0.2, 0.25) is 0 Å². The Kier molecular flexibility index (Phi) is 4.74. The van der Waals surface area contributed by atoms with E-state index in [1.54, 1.807) is 9.80 Å². The van der Waals surface area contributed by atoms with Crippen LogP contribution < -0.4 is 10.6 Å². The summed E-state index contributed by atoms with van der Waals surface area (Å²) in [5.74, 6) is -0.244. The molecule has 2 amide bonds. The maximum atomic E-state index is 12.9. The molecule has 0 bridgehead atoms. The maximum Gasteiger partial charge on any atom is 0.254 e. The van der Waals surface area contributed by atoms with Crippen LogP contribution in [0.5, 0.6) is 0 Å². The zero-order valence-corrected chi connectivity index (χ0v) is 17.3. The van der Waals surface area contributed by atoms with E-state index in [2.05, 4.69) is 17.6 Å². The standard InChI is InChI=1S/C25H25N3O3/c1-17-21(16-20-4-2-3-5-22(20)26-17)18-6-8-19(9-7-18)23(29)27-12-14-28(15-13-27)24(30)25(31)10-11-25/h2-9,16,21,31H,1,10-15H2. The predicted molar refractivity (Wildman–Crippen MR) is 117 cm³/mol. The third kappa shape index (κ3) is 3.68. The van der Waals surface area contributed by atoms with E-state index in [1.165, 1.54) is 0 Å². The minimum Gasteiger partial charge on any atom is -0.380 e. The lowest BCUT2D eigenvalue weighted by Gasteiger charge is -2.35. The number of carbonyl (C=O) groups excluding carboxylic acids is 2. The zero-order chi connectivity index (χ0) is 21.6. The summed E-state index contributed by atoms with van der Waals surface area (Å²) in [7, 11) is 0. The van der Waals surface area contributed by atoms with Gasteiger partial charge in [-0.25, -0.2) is 0 Å². The molecule has 0 radical (unpaired) electrons. The van der Waals surface area contributed by atoms with Crippen LogP contribution in [-0.2, 0) is 4.79 Å². The molecule has 6 nitrogen and oxygen atoms in total. The van der Waals surface area contributed by atoms with E-state index in [0.29, 0.717) is 44.6 Å². The number of amides is 2. The van der Waals surface area contributed by atoms with Gasteiger partial charge < -0.3 is 14.9 Å². The van der Waals surface area contributed by atoms with Crippen molar-refractivity contribution in [3.63, 3.8) is 0 Å². The molecule has 6 heteroatoms. The number of fused-ring (bicyclic) bond motifs is 1. The number of aliphatic hydroxyl groups is 1. The van der Waals surface area contributed by atoms with E-state index in [-0.39, 0.29) is 17.7 Å². The Labute approximate surface area is 180 Å². The van der Waals surface area contributed by atoms with Crippen LogP contribution in [0.4, 0.5) is 0 Å². The third-order valence-electron chi connectivity index (χ3n) is 6.40. The summed E-state index contributed by atoms with van der Waals surface area (Å²) < 4.78 is 0. The molecule has 31 heavy (non-hydrogen) atoms. The fourth-order valence-corrected chi connectivity index (χ4v) is 4.27. The maximum absolute atomic E-state index is 12.9. The quantitative estimate of drug-likeness (QED) is 0.819. The highest BCUT2D eigenvalue weighted by atomic mass is 16.3. The molecule has 1 atom stereocenters. The van der Waals surface area contributed by atoms with Gasteiger partial charge in [-0.2, -0.15) is 0 Å². The Morgan fingerprint density at radius 3 is 2.29 bits per heavy atom. The van der Waals surface area contributed by atoms with Crippen molar-refractivity contribution in [3.8, 4) is 0 Å². The first kappa shape index (κ1) is 19.7. The summed E-state index contributed by atoms with van der Waals surface area (Å²) in [5.41, 5.74) is 1.32. The van der Waals surface area contributed by atoms with Gasteiger partial charge in [0.05, 0.1) is 5.36 Å². The number of para-hydroxylation sites is 1. The molecule has 2 aromatic rings. The van der Waals surface area contributed by atoms with Crippen LogP contribution in [0.2, 0.25) is 0 Å². The van der Waals surface area contributed by atoms with Crippen molar-refractivity contribution in [1.29, 1.82) is 0 Å². The van der Waals surface area contributed by atoms with Gasteiger partial charge in [0.15, 0.2) is 0 Å². The lowest BCUT2D eigenvalue weighted by molar-refractivity contribution is -0.143. The minimum atomic E-state index is -1.14. The molecule has 5 rings (SSSR count). The molecule has 1 aliphatic carbocycles. The van der Waals surface area contributed by atoms with Crippen molar-refractivity contribution in [1.82, 2.24) is 9.80 Å². The van der Waals surface area contributed by atoms with Gasteiger partial charge in [0.25, 0.3) is 11.8 Å². The molecule has 158 valence electrons. The molecular formula is C25H25N3O3. The molecule has 2 aromatic carbocycles. The Morgan fingerprint density at radius 2 is 1.61 bits per heavy atom. The molecule has 2 heterocycles. The summed E-state index contributed by atoms with van der Waals surface area (Å²) in [6.07, 6.45) is 3.24. The van der Waals surface area contributed by atoms with Gasteiger partial charge in [0.1, 0.15) is 5.60 Å². The van der Waals surface area contributed by atoms with Crippen LogP contribution in [0.25, 0.3) is 6.08 Å². The molecular weight excluding hydrogens is 390 g/mol. The van der Waals surface area contributed by atoms with E-state index in [9.17, 15) is 14.7 Å². The summed E-state index contributed by atoms with van der Waals surface area (Å²) >= 11 is 0. The Bertz CT molecular complexity index is 1170. The number of nitrogens with zero attached hydrogens (tertiary/aromatic N) is 3. The van der Waals surface area contributed by atoms with Crippen molar-refractivity contribution < 1.29 is 14.7 Å². The molecule has 3 aliphatic rings. The van der Waals surface area contributed by atoms with Crippen LogP contribution in [0.3, 0.4) is 0 Å². The number of rotatable bonds is 3. The summed E-state index contributed by atoms with van der Waals surface area (Å²) in [6, 6.07) is 15.6. The second-order valence-electron chi connectivity index (χ2n) is 8.54. The molecule has 0 aromatic heterocycles. The highest BCUT2D eigenvalue weighted by molar-refractivity contribution is 5.94. The average molecular weight is 415 g/mol. The second-order valence-corrected chi connectivity index (χ2v) is 8.54. The first-order valence-electron chi connectivity index (χ1n) is 10.7. The van der Waals surface area contributed by atoms with Crippen molar-refractivity contribution >= 4 is 17.9 Å². The topological polar surface area (TPSA) is 73.2 Å². The number of hydrogen-bond donors (Lipinski definition) is 1. The molecule has 1 saturated carbocycles. The Hall–Kier alpha value is -3.25. The predicted octanol–water partition coefficient (Wildman–Crippen LogP) is 1.21. The normalized spacial score (nSPS) is 21.6. The lowest BCUT2D eigenvalue weighted by Crippen LogP contribution is -2.53. The Balaban J connectivity index is 1.26. The van der Waals surface area contributed by atoms with E-state index in [0.717, 1.165) is 21.8 Å². The number of benzene rings is 2. The first-order valence-corrected chi connectivity index (χ1v) is 10.7. The molecule has 2 aliphatic heterocycles. The van der Waals surface area contributed by atoms with Crippen molar-refractivity contribution in [2.45, 2.75) is 24.4 Å². The van der Waals surface area contributed by atoms with Gasteiger partial charge in [0, 0.05) is 43.4 Å². The average Bonchev–Trinajstić information content (AvgIpc) is 3.56. The number of allylic oxidation sites excluding steroid dienone is 1. The number of hydrogen-bond acceptors (Lipinski definition) is 4. The lowest BCUT2D eigenvalue weighted by atomic mass is 9.92. The van der Waals surface area contributed by atoms with Gasteiger partial charge in [-0.3, -0.25) is 14.6 Å². The van der Waals surface area contributed by atoms with E-state index >= 15 is 0 Å². The monoisotopic (exact) mass is 415 g/mol. The summed E-state index contributed by atoms with van der Waals surface area (Å²) in [6.45, 7) is 6.00. The molecule has 0 spiro atoms. The summed E-state index contributed by atoms with van der Waals surface area (Å²) in [5, 5.41) is 12.0. The molecule has 1 unspecified atom stereocenters. The number of carbonyl (C=O) groups is 2. The van der Waals surface area contributed by atoms with Gasteiger partial charge >= 0.3 is 0 Å². The van der Waals surface area contributed by atoms with Crippen LogP contribution in [0, 0.1) is 0 Å². The molecule has 2 fully saturated rings. The second kappa shape index (κ2) is 7.46. The van der Waals surface area contributed by atoms with Crippen molar-refractivity contribution in [3.05, 3.63) is 82.5 Å². The van der Waals surface area contributed by atoms with Crippen molar-refractivity contribution in [2.24, 2.45) is 4.99 Å². The fraction of sp³-hybridized carbons (Fsp3) is 0.320. The van der Waals surface area contributed by atoms with Crippen molar-refractivity contribution in [2.75, 3.05) is 26.2 Å². The van der Waals surface area contributed by atoms with E-state index < -0.39 is 5.60 Å². The van der Waals surface area contributed by atoms with Gasteiger partial charge in [-0.1, -0.05) is 43.0 Å². The fourth-order valence-electron chi connectivity index (χ4n) is 4.27. The largest absolute Gasteiger partial charge is 0.380 e. The first-order chi connectivity index (χ1) is 14.9. The van der Waals surface area contributed by atoms with Gasteiger partial charge in [-0.15, -0.1) is 0 Å². The zero-order valence-electron chi connectivity index (χ0n) is 17.3. The van der Waals surface area contributed by atoms with E-state index in [4.69, 9.17) is 0 Å². The SMILES string of the molecule is C=C1N=c2ccccc2=CC1c1ccc(C(=O)N2CCN(C(=O)C3(O)CC3)CC2)cc1. The molecule has 1 saturated heterocycles. The highest BCUT2D eigenvalue weighted by Crippen LogP contribution is 2.37. The summed E-state index contributed by atoms with van der Waals surface area (Å²) in [4.78, 5) is 33.3. The van der Waals surface area contributed by atoms with E-state index in [1.807, 2.05) is 48.5 Å². The highest BCUT2D eigenvalue weighted by Gasteiger charge is 2.50. The van der Waals surface area contributed by atoms with Crippen LogP contribution in [-0.4, -0.2) is 58.5 Å². The Morgan fingerprint density at radius 1 is 0.968 bits per heavy atom. The van der Waals surface area contributed by atoms with Gasteiger partial charge in [-0.05, 0) is 41.8 Å².